The van der Waals surface area contributed by atoms with Crippen molar-refractivity contribution in [1.82, 2.24) is 15.4 Å². The van der Waals surface area contributed by atoms with Crippen LogP contribution in [0.4, 0.5) is 0 Å². The van der Waals surface area contributed by atoms with Crippen molar-refractivity contribution in [3.63, 3.8) is 0 Å². The van der Waals surface area contributed by atoms with Gasteiger partial charge in [-0.25, -0.2) is 0 Å². The van der Waals surface area contributed by atoms with Gasteiger partial charge in [-0.3, -0.25) is 4.79 Å². The Labute approximate surface area is 225 Å². The molecular weight excluding hydrogens is 478 g/mol. The molecule has 0 aromatic carbocycles. The van der Waals surface area contributed by atoms with Gasteiger partial charge in [0.1, 0.15) is 21.6 Å². The van der Waals surface area contributed by atoms with Gasteiger partial charge in [0, 0.05) is 29.2 Å². The first-order valence-corrected chi connectivity index (χ1v) is 15.6. The Hall–Kier alpha value is -1.56. The van der Waals surface area contributed by atoms with E-state index in [0.29, 0.717) is 35.4 Å². The fraction of sp³-hybridized carbons (Fsp3) is 0.806. The highest BCUT2D eigenvalue weighted by Crippen LogP contribution is 2.71. The third kappa shape index (κ3) is 3.20. The number of nitrogens with zero attached hydrogens (tertiary/aromatic N) is 3. The first-order valence-electron chi connectivity index (χ1n) is 14.8. The van der Waals surface area contributed by atoms with E-state index >= 15 is 0 Å². The van der Waals surface area contributed by atoms with Crippen molar-refractivity contribution < 1.29 is 9.32 Å². The smallest absolute Gasteiger partial charge is 0.143 e. The molecule has 0 aliphatic heterocycles. The van der Waals surface area contributed by atoms with Crippen LogP contribution in [0.1, 0.15) is 113 Å². The van der Waals surface area contributed by atoms with E-state index in [1.165, 1.54) is 36.3 Å². The summed E-state index contributed by atoms with van der Waals surface area (Å²) >= 11 is 1.79. The standard InChI is InChI=1S/C31H43N3O2S/c1-17-20-7-9-29(5)21-8-10-31(27-34-33-18(2)37-27)12-11-28(3,4)15-22(31)25(21)23(35)13-24(29)30(20,6)14-19-16-32-36-26(17)19/h16-17,20-22,24-25H,7-15H2,1-6H3. The van der Waals surface area contributed by atoms with E-state index in [0.717, 1.165) is 42.9 Å². The normalized spacial score (nSPS) is 46.3. The predicted octanol–water partition coefficient (Wildman–Crippen LogP) is 7.30. The Morgan fingerprint density at radius 2 is 1.76 bits per heavy atom. The first-order chi connectivity index (χ1) is 17.5. The number of hydrogen-bond donors (Lipinski definition) is 0. The van der Waals surface area contributed by atoms with Gasteiger partial charge < -0.3 is 4.52 Å². The molecule has 5 nitrogen and oxygen atoms in total. The third-order valence-electron chi connectivity index (χ3n) is 12.8. The van der Waals surface area contributed by atoms with E-state index in [-0.39, 0.29) is 27.6 Å². The molecular formula is C31H43N3O2S. The number of aromatic nitrogens is 3. The van der Waals surface area contributed by atoms with Gasteiger partial charge in [-0.1, -0.05) is 39.8 Å². The zero-order valence-corrected chi connectivity index (χ0v) is 24.3. The van der Waals surface area contributed by atoms with Crippen molar-refractivity contribution >= 4 is 17.1 Å². The summed E-state index contributed by atoms with van der Waals surface area (Å²) in [5, 5.41) is 15.7. The van der Waals surface area contributed by atoms with Crippen LogP contribution in [0.25, 0.3) is 0 Å². The summed E-state index contributed by atoms with van der Waals surface area (Å²) in [6.07, 6.45) is 12.0. The van der Waals surface area contributed by atoms with E-state index in [2.05, 4.69) is 51.8 Å². The van der Waals surface area contributed by atoms with Crippen LogP contribution in [0.15, 0.2) is 10.7 Å². The van der Waals surface area contributed by atoms with Crippen LogP contribution in [0.5, 0.6) is 0 Å². The van der Waals surface area contributed by atoms with E-state index in [1.807, 2.05) is 6.20 Å². The van der Waals surface area contributed by atoms with Crippen LogP contribution in [0, 0.1) is 52.8 Å². The number of aryl methyl sites for hydroxylation is 1. The van der Waals surface area contributed by atoms with Crippen LogP contribution in [-0.2, 0) is 16.6 Å². The van der Waals surface area contributed by atoms with Crippen molar-refractivity contribution in [2.24, 2.45) is 45.8 Å². The largest absolute Gasteiger partial charge is 0.361 e. The Balaban J connectivity index is 1.30. The molecule has 9 atom stereocenters. The number of hydrogen-bond acceptors (Lipinski definition) is 6. The second-order valence-corrected chi connectivity index (χ2v) is 16.2. The minimum Gasteiger partial charge on any atom is -0.361 e. The molecule has 4 saturated carbocycles. The number of carbonyl (C=O) groups excluding carboxylic acids is 1. The molecule has 7 rings (SSSR count). The van der Waals surface area contributed by atoms with Crippen LogP contribution in [-0.4, -0.2) is 21.1 Å². The zero-order chi connectivity index (χ0) is 26.0. The molecule has 0 radical (unpaired) electrons. The molecule has 2 aromatic rings. The molecule has 0 N–H and O–H groups in total. The van der Waals surface area contributed by atoms with E-state index in [9.17, 15) is 4.79 Å². The lowest BCUT2D eigenvalue weighted by molar-refractivity contribution is -0.183. The summed E-state index contributed by atoms with van der Waals surface area (Å²) < 4.78 is 5.74. The first kappa shape index (κ1) is 24.5. The lowest BCUT2D eigenvalue weighted by atomic mass is 9.36. The monoisotopic (exact) mass is 521 g/mol. The van der Waals surface area contributed by atoms with Gasteiger partial charge in [-0.15, -0.1) is 21.5 Å². The highest BCUT2D eigenvalue weighted by Gasteiger charge is 2.67. The number of carbonyl (C=O) groups is 1. The molecule has 6 heteroatoms. The van der Waals surface area contributed by atoms with Gasteiger partial charge in [-0.2, -0.15) is 0 Å². The van der Waals surface area contributed by atoms with Crippen LogP contribution in [0.3, 0.4) is 0 Å². The molecule has 5 aliphatic rings. The molecule has 0 bridgehead atoms. The Morgan fingerprint density at radius 3 is 2.51 bits per heavy atom. The molecule has 0 amide bonds. The summed E-state index contributed by atoms with van der Waals surface area (Å²) in [4.78, 5) is 14.5. The average molecular weight is 522 g/mol. The quantitative estimate of drug-likeness (QED) is 0.394. The Kier molecular flexibility index (Phi) is 5.13. The molecule has 4 fully saturated rings. The number of rotatable bonds is 1. The van der Waals surface area contributed by atoms with Gasteiger partial charge in [0.25, 0.3) is 0 Å². The molecule has 2 aromatic heterocycles. The minimum absolute atomic E-state index is 0.0410. The van der Waals surface area contributed by atoms with Crippen LogP contribution < -0.4 is 0 Å². The van der Waals surface area contributed by atoms with Gasteiger partial charge in [0.15, 0.2) is 0 Å². The van der Waals surface area contributed by atoms with Gasteiger partial charge in [0.05, 0.1) is 6.20 Å². The maximum absolute atomic E-state index is 14.5. The average Bonchev–Trinajstić information content (AvgIpc) is 3.49. The predicted molar refractivity (Wildman–Crippen MR) is 144 cm³/mol. The van der Waals surface area contributed by atoms with E-state index in [1.54, 1.807) is 11.3 Å². The number of ketones is 1. The summed E-state index contributed by atoms with van der Waals surface area (Å²) in [6.45, 7) is 14.4. The maximum atomic E-state index is 14.5. The lowest BCUT2D eigenvalue weighted by Crippen LogP contribution is -2.64. The summed E-state index contributed by atoms with van der Waals surface area (Å²) in [5.41, 5.74) is 1.94. The van der Waals surface area contributed by atoms with Crippen molar-refractivity contribution in [3.05, 3.63) is 27.5 Å². The van der Waals surface area contributed by atoms with E-state index < -0.39 is 0 Å². The fourth-order valence-electron chi connectivity index (χ4n) is 11.0. The topological polar surface area (TPSA) is 68.9 Å². The molecule has 200 valence electrons. The summed E-state index contributed by atoms with van der Waals surface area (Å²) in [7, 11) is 0. The number of fused-ring (bicyclic) bond motifs is 8. The van der Waals surface area contributed by atoms with Crippen molar-refractivity contribution in [2.75, 3.05) is 0 Å². The van der Waals surface area contributed by atoms with E-state index in [4.69, 9.17) is 9.62 Å². The fourth-order valence-corrected chi connectivity index (χ4v) is 12.0. The minimum atomic E-state index is 0.0410. The summed E-state index contributed by atoms with van der Waals surface area (Å²) in [5.74, 6) is 4.10. The molecule has 2 heterocycles. The highest BCUT2D eigenvalue weighted by molar-refractivity contribution is 7.11. The molecule has 9 unspecified atom stereocenters. The zero-order valence-electron chi connectivity index (χ0n) is 23.5. The molecule has 37 heavy (non-hydrogen) atoms. The Bertz CT molecular complexity index is 1250. The second kappa shape index (κ2) is 7.76. The second-order valence-electron chi connectivity index (χ2n) is 15.0. The maximum Gasteiger partial charge on any atom is 0.143 e. The van der Waals surface area contributed by atoms with Gasteiger partial charge in [-0.05, 0) is 98.2 Å². The third-order valence-corrected chi connectivity index (χ3v) is 13.8. The van der Waals surface area contributed by atoms with Crippen LogP contribution >= 0.6 is 11.3 Å². The van der Waals surface area contributed by atoms with Crippen LogP contribution in [0.2, 0.25) is 0 Å². The highest BCUT2D eigenvalue weighted by atomic mass is 32.1. The van der Waals surface area contributed by atoms with Crippen molar-refractivity contribution in [2.45, 2.75) is 111 Å². The summed E-state index contributed by atoms with van der Waals surface area (Å²) in [6, 6.07) is 0. The molecule has 0 saturated heterocycles. The number of Topliss-reactive ketones (excluding diaryl/α,β-unsaturated/α-hetero) is 1. The van der Waals surface area contributed by atoms with Gasteiger partial charge >= 0.3 is 0 Å². The van der Waals surface area contributed by atoms with Crippen molar-refractivity contribution in [3.8, 4) is 0 Å². The molecule has 0 spiro atoms. The van der Waals surface area contributed by atoms with Gasteiger partial charge in [0.2, 0.25) is 0 Å². The van der Waals surface area contributed by atoms with Crippen molar-refractivity contribution in [1.29, 1.82) is 0 Å². The molecule has 5 aliphatic carbocycles. The lowest BCUT2D eigenvalue weighted by Gasteiger charge is -2.67. The SMILES string of the molecule is Cc1nnc(C23CCC4C(C(=O)CC5C6(C)Cc7cnoc7C(C)C6CCC45C)C2CC(C)(C)CC3)s1. The Morgan fingerprint density at radius 1 is 0.973 bits per heavy atom.